The SMILES string of the molecule is CCc1c(CO)c(Cl)cc2c1OCCO2. The number of hydrogen-bond acceptors (Lipinski definition) is 3. The van der Waals surface area contributed by atoms with E-state index >= 15 is 0 Å². The fraction of sp³-hybridized carbons (Fsp3) is 0.455. The summed E-state index contributed by atoms with van der Waals surface area (Å²) in [6, 6.07) is 1.71. The molecule has 0 unspecified atom stereocenters. The quantitative estimate of drug-likeness (QED) is 0.843. The zero-order chi connectivity index (χ0) is 10.8. The lowest BCUT2D eigenvalue weighted by Gasteiger charge is -2.23. The van der Waals surface area contributed by atoms with Crippen LogP contribution in [0.3, 0.4) is 0 Å². The van der Waals surface area contributed by atoms with Crippen LogP contribution < -0.4 is 9.47 Å². The molecule has 4 heteroatoms. The molecule has 1 N–H and O–H groups in total. The van der Waals surface area contributed by atoms with Crippen LogP contribution in [0.1, 0.15) is 18.1 Å². The van der Waals surface area contributed by atoms with Crippen molar-refractivity contribution >= 4 is 11.6 Å². The van der Waals surface area contributed by atoms with E-state index in [0.29, 0.717) is 24.0 Å². The van der Waals surface area contributed by atoms with E-state index in [-0.39, 0.29) is 6.61 Å². The maximum Gasteiger partial charge on any atom is 0.164 e. The third-order valence-electron chi connectivity index (χ3n) is 2.51. The second kappa shape index (κ2) is 4.29. The Balaban J connectivity index is 2.59. The minimum Gasteiger partial charge on any atom is -0.486 e. The van der Waals surface area contributed by atoms with Gasteiger partial charge in [-0.1, -0.05) is 18.5 Å². The van der Waals surface area contributed by atoms with Gasteiger partial charge >= 0.3 is 0 Å². The number of aliphatic hydroxyl groups excluding tert-OH is 1. The molecular weight excluding hydrogens is 216 g/mol. The predicted octanol–water partition coefficient (Wildman–Crippen LogP) is 2.17. The fourth-order valence-electron chi connectivity index (χ4n) is 1.80. The molecule has 2 rings (SSSR count). The predicted molar refractivity (Wildman–Crippen MR) is 57.7 cm³/mol. The van der Waals surface area contributed by atoms with Gasteiger partial charge in [0.2, 0.25) is 0 Å². The number of fused-ring (bicyclic) bond motifs is 1. The van der Waals surface area contributed by atoms with Crippen molar-refractivity contribution in [2.24, 2.45) is 0 Å². The van der Waals surface area contributed by atoms with Crippen molar-refractivity contribution in [2.75, 3.05) is 13.2 Å². The van der Waals surface area contributed by atoms with Crippen LogP contribution in [0.5, 0.6) is 11.5 Å². The van der Waals surface area contributed by atoms with Crippen molar-refractivity contribution in [3.8, 4) is 11.5 Å². The normalized spacial score (nSPS) is 14.1. The molecule has 3 nitrogen and oxygen atoms in total. The maximum absolute atomic E-state index is 9.25. The number of hydrogen-bond donors (Lipinski definition) is 1. The van der Waals surface area contributed by atoms with Crippen LogP contribution in [0, 0.1) is 0 Å². The molecule has 0 saturated heterocycles. The van der Waals surface area contributed by atoms with Gasteiger partial charge in [-0.3, -0.25) is 0 Å². The third-order valence-corrected chi connectivity index (χ3v) is 2.84. The molecule has 0 spiro atoms. The molecule has 0 bridgehead atoms. The highest BCUT2D eigenvalue weighted by Gasteiger charge is 2.20. The third kappa shape index (κ3) is 1.77. The first-order valence-corrected chi connectivity index (χ1v) is 5.36. The van der Waals surface area contributed by atoms with Crippen molar-refractivity contribution < 1.29 is 14.6 Å². The lowest BCUT2D eigenvalue weighted by atomic mass is 10.0. The average Bonchev–Trinajstić information content (AvgIpc) is 2.27. The van der Waals surface area contributed by atoms with Gasteiger partial charge in [-0.2, -0.15) is 0 Å². The highest BCUT2D eigenvalue weighted by molar-refractivity contribution is 6.31. The molecule has 1 heterocycles. The second-order valence-electron chi connectivity index (χ2n) is 3.35. The Kier molecular flexibility index (Phi) is 3.03. The zero-order valence-corrected chi connectivity index (χ0v) is 9.30. The van der Waals surface area contributed by atoms with Gasteiger partial charge in [0.05, 0.1) is 11.6 Å². The summed E-state index contributed by atoms with van der Waals surface area (Å²) in [5, 5.41) is 9.79. The Morgan fingerprint density at radius 1 is 1.33 bits per heavy atom. The molecule has 1 aromatic carbocycles. The molecule has 0 aromatic heterocycles. The van der Waals surface area contributed by atoms with E-state index in [9.17, 15) is 5.11 Å². The topological polar surface area (TPSA) is 38.7 Å². The lowest BCUT2D eigenvalue weighted by molar-refractivity contribution is 0.169. The Morgan fingerprint density at radius 3 is 2.73 bits per heavy atom. The molecule has 0 amide bonds. The summed E-state index contributed by atoms with van der Waals surface area (Å²) in [6.45, 7) is 3.03. The number of rotatable bonds is 2. The first-order valence-electron chi connectivity index (χ1n) is 4.98. The summed E-state index contributed by atoms with van der Waals surface area (Å²) in [4.78, 5) is 0. The number of aliphatic hydroxyl groups is 1. The van der Waals surface area contributed by atoms with Gasteiger partial charge in [0.1, 0.15) is 13.2 Å². The Bertz CT molecular complexity index is 377. The highest BCUT2D eigenvalue weighted by atomic mass is 35.5. The number of ether oxygens (including phenoxy) is 2. The van der Waals surface area contributed by atoms with Gasteiger partial charge in [0.25, 0.3) is 0 Å². The van der Waals surface area contributed by atoms with Crippen LogP contribution >= 0.6 is 11.6 Å². The molecule has 0 atom stereocenters. The van der Waals surface area contributed by atoms with E-state index in [1.165, 1.54) is 0 Å². The summed E-state index contributed by atoms with van der Waals surface area (Å²) in [6.07, 6.45) is 0.766. The summed E-state index contributed by atoms with van der Waals surface area (Å²) in [5.41, 5.74) is 1.68. The molecule has 0 fully saturated rings. The molecule has 82 valence electrons. The van der Waals surface area contributed by atoms with Gasteiger partial charge in [-0.25, -0.2) is 0 Å². The van der Waals surface area contributed by atoms with E-state index in [4.69, 9.17) is 21.1 Å². The molecule has 0 saturated carbocycles. The van der Waals surface area contributed by atoms with Gasteiger partial charge in [-0.05, 0) is 6.42 Å². The van der Waals surface area contributed by atoms with Crippen molar-refractivity contribution in [1.82, 2.24) is 0 Å². The van der Waals surface area contributed by atoms with Gasteiger partial charge in [0.15, 0.2) is 11.5 Å². The Hall–Kier alpha value is -0.930. The molecule has 0 radical (unpaired) electrons. The van der Waals surface area contributed by atoms with Crippen LogP contribution in [-0.2, 0) is 13.0 Å². The van der Waals surface area contributed by atoms with Crippen molar-refractivity contribution in [3.05, 3.63) is 22.2 Å². The second-order valence-corrected chi connectivity index (χ2v) is 3.76. The van der Waals surface area contributed by atoms with Crippen molar-refractivity contribution in [3.63, 3.8) is 0 Å². The summed E-state index contributed by atoms with van der Waals surface area (Å²) >= 11 is 6.05. The van der Waals surface area contributed by atoms with Crippen LogP contribution in [0.2, 0.25) is 5.02 Å². The van der Waals surface area contributed by atoms with E-state index in [1.54, 1.807) is 6.07 Å². The Morgan fingerprint density at radius 2 is 2.07 bits per heavy atom. The van der Waals surface area contributed by atoms with Crippen LogP contribution in [-0.4, -0.2) is 18.3 Å². The molecule has 0 aliphatic carbocycles. The van der Waals surface area contributed by atoms with E-state index in [0.717, 1.165) is 23.3 Å². The van der Waals surface area contributed by atoms with Crippen LogP contribution in [0.25, 0.3) is 0 Å². The van der Waals surface area contributed by atoms with E-state index in [2.05, 4.69) is 0 Å². The average molecular weight is 229 g/mol. The minimum atomic E-state index is -0.0708. The molecule has 1 aliphatic rings. The van der Waals surface area contributed by atoms with Crippen molar-refractivity contribution in [1.29, 1.82) is 0 Å². The smallest absolute Gasteiger partial charge is 0.164 e. The zero-order valence-electron chi connectivity index (χ0n) is 8.55. The molecule has 15 heavy (non-hydrogen) atoms. The first kappa shape index (κ1) is 10.6. The molecule has 1 aliphatic heterocycles. The van der Waals surface area contributed by atoms with E-state index < -0.39 is 0 Å². The van der Waals surface area contributed by atoms with Crippen molar-refractivity contribution in [2.45, 2.75) is 20.0 Å². The van der Waals surface area contributed by atoms with Crippen LogP contribution in [0.4, 0.5) is 0 Å². The number of halogens is 1. The molecule has 1 aromatic rings. The van der Waals surface area contributed by atoms with Gasteiger partial charge < -0.3 is 14.6 Å². The van der Waals surface area contributed by atoms with E-state index in [1.807, 2.05) is 6.92 Å². The monoisotopic (exact) mass is 228 g/mol. The fourth-order valence-corrected chi connectivity index (χ4v) is 2.08. The first-order chi connectivity index (χ1) is 7.27. The highest BCUT2D eigenvalue weighted by Crippen LogP contribution is 2.40. The molecular formula is C11H13ClO3. The Labute approximate surface area is 93.6 Å². The largest absolute Gasteiger partial charge is 0.486 e. The minimum absolute atomic E-state index is 0.0708. The summed E-state index contributed by atoms with van der Waals surface area (Å²) < 4.78 is 11.0. The maximum atomic E-state index is 9.25. The summed E-state index contributed by atoms with van der Waals surface area (Å²) in [5.74, 6) is 1.41. The lowest BCUT2D eigenvalue weighted by Crippen LogP contribution is -2.17. The van der Waals surface area contributed by atoms with Crippen LogP contribution in [0.15, 0.2) is 6.07 Å². The van der Waals surface area contributed by atoms with Gasteiger partial charge in [-0.15, -0.1) is 0 Å². The summed E-state index contributed by atoms with van der Waals surface area (Å²) in [7, 11) is 0. The van der Waals surface area contributed by atoms with Gasteiger partial charge in [0, 0.05) is 17.2 Å². The standard InChI is InChI=1S/C11H13ClO3/c1-2-7-8(6-13)9(12)5-10-11(7)15-4-3-14-10/h5,13H,2-4,6H2,1H3. The number of benzene rings is 1.